The van der Waals surface area contributed by atoms with Crippen LogP contribution >= 0.6 is 0 Å². The van der Waals surface area contributed by atoms with Crippen molar-refractivity contribution in [1.82, 2.24) is 9.80 Å². The standard InChI is InChI=1S/C25H29N3O6/c1-26(2)9-10-28-22(15-5-8-20(33-4)18(29)14-15)21(24(31)25(28)32)23(30)16-6-7-19-17(13-16)27(3)11-12-34-19/h5-8,13-14,22,29-30H,9-12H2,1-4H3/b23-21-. The Morgan fingerprint density at radius 1 is 1.21 bits per heavy atom. The van der Waals surface area contributed by atoms with Gasteiger partial charge in [-0.25, -0.2) is 0 Å². The number of amides is 1. The summed E-state index contributed by atoms with van der Waals surface area (Å²) < 4.78 is 10.8. The number of rotatable bonds is 6. The van der Waals surface area contributed by atoms with Gasteiger partial charge in [0.05, 0.1) is 31.0 Å². The Morgan fingerprint density at radius 2 is 1.97 bits per heavy atom. The van der Waals surface area contributed by atoms with Crippen molar-refractivity contribution in [2.45, 2.75) is 6.04 Å². The van der Waals surface area contributed by atoms with E-state index in [1.165, 1.54) is 18.1 Å². The van der Waals surface area contributed by atoms with Crippen LogP contribution in [-0.4, -0.2) is 86.2 Å². The molecule has 180 valence electrons. The number of nitrogens with zero attached hydrogens (tertiary/aromatic N) is 3. The fraction of sp³-hybridized carbons (Fsp3) is 0.360. The number of carbonyl (C=O) groups excluding carboxylic acids is 2. The van der Waals surface area contributed by atoms with Crippen LogP contribution in [0.25, 0.3) is 5.76 Å². The summed E-state index contributed by atoms with van der Waals surface area (Å²) in [6.45, 7) is 2.04. The molecular weight excluding hydrogens is 438 g/mol. The van der Waals surface area contributed by atoms with E-state index in [2.05, 4.69) is 0 Å². The first-order valence-corrected chi connectivity index (χ1v) is 11.0. The molecular formula is C25H29N3O6. The largest absolute Gasteiger partial charge is 0.507 e. The van der Waals surface area contributed by atoms with Gasteiger partial charge in [0.2, 0.25) is 0 Å². The second-order valence-electron chi connectivity index (χ2n) is 8.68. The molecule has 0 bridgehead atoms. The third-order valence-corrected chi connectivity index (χ3v) is 6.17. The van der Waals surface area contributed by atoms with E-state index in [0.717, 1.165) is 5.69 Å². The molecule has 4 rings (SSSR count). The fourth-order valence-electron chi connectivity index (χ4n) is 4.30. The number of methoxy groups -OCH3 is 1. The van der Waals surface area contributed by atoms with Gasteiger partial charge in [-0.05, 0) is 50.0 Å². The van der Waals surface area contributed by atoms with Crippen LogP contribution in [0.3, 0.4) is 0 Å². The molecule has 2 N–H and O–H groups in total. The Labute approximate surface area is 198 Å². The van der Waals surface area contributed by atoms with E-state index in [1.807, 2.05) is 30.9 Å². The molecule has 1 amide bonds. The van der Waals surface area contributed by atoms with Gasteiger partial charge >= 0.3 is 0 Å². The van der Waals surface area contributed by atoms with E-state index >= 15 is 0 Å². The molecule has 1 fully saturated rings. The van der Waals surface area contributed by atoms with Gasteiger partial charge in [-0.3, -0.25) is 9.59 Å². The van der Waals surface area contributed by atoms with Crippen molar-refractivity contribution in [3.8, 4) is 17.2 Å². The van der Waals surface area contributed by atoms with E-state index in [4.69, 9.17) is 9.47 Å². The van der Waals surface area contributed by atoms with Gasteiger partial charge in [0, 0.05) is 25.7 Å². The van der Waals surface area contributed by atoms with Gasteiger partial charge in [-0.15, -0.1) is 0 Å². The van der Waals surface area contributed by atoms with Crippen molar-refractivity contribution in [2.24, 2.45) is 0 Å². The molecule has 2 aliphatic rings. The predicted molar refractivity (Wildman–Crippen MR) is 127 cm³/mol. The second kappa shape index (κ2) is 9.26. The lowest BCUT2D eigenvalue weighted by molar-refractivity contribution is -0.140. The Balaban J connectivity index is 1.85. The lowest BCUT2D eigenvalue weighted by Crippen LogP contribution is -2.35. The number of ketones is 1. The maximum absolute atomic E-state index is 13.2. The number of aliphatic hydroxyl groups excluding tert-OH is 1. The summed E-state index contributed by atoms with van der Waals surface area (Å²) in [4.78, 5) is 31.6. The lowest BCUT2D eigenvalue weighted by atomic mass is 9.94. The van der Waals surface area contributed by atoms with Gasteiger partial charge in [0.1, 0.15) is 18.1 Å². The molecule has 34 heavy (non-hydrogen) atoms. The van der Waals surface area contributed by atoms with Crippen LogP contribution in [0, 0.1) is 0 Å². The maximum Gasteiger partial charge on any atom is 0.295 e. The zero-order chi connectivity index (χ0) is 24.6. The second-order valence-corrected chi connectivity index (χ2v) is 8.68. The highest BCUT2D eigenvalue weighted by atomic mass is 16.5. The molecule has 9 heteroatoms. The first-order chi connectivity index (χ1) is 16.2. The van der Waals surface area contributed by atoms with Gasteiger partial charge in [-0.2, -0.15) is 0 Å². The number of phenolic OH excluding ortho intramolecular Hbond substituents is 1. The van der Waals surface area contributed by atoms with Crippen molar-refractivity contribution < 1.29 is 29.3 Å². The minimum atomic E-state index is -0.859. The highest BCUT2D eigenvalue weighted by molar-refractivity contribution is 6.46. The van der Waals surface area contributed by atoms with E-state index in [9.17, 15) is 19.8 Å². The summed E-state index contributed by atoms with van der Waals surface area (Å²) in [5.41, 5.74) is 1.67. The minimum absolute atomic E-state index is 0.0207. The van der Waals surface area contributed by atoms with E-state index < -0.39 is 17.7 Å². The van der Waals surface area contributed by atoms with Crippen molar-refractivity contribution in [3.05, 3.63) is 53.1 Å². The number of anilines is 1. The first kappa shape index (κ1) is 23.4. The minimum Gasteiger partial charge on any atom is -0.507 e. The summed E-state index contributed by atoms with van der Waals surface area (Å²) in [6.07, 6.45) is 0. The number of ether oxygens (including phenoxy) is 2. The molecule has 2 aromatic rings. The summed E-state index contributed by atoms with van der Waals surface area (Å²) in [7, 11) is 7.10. The average molecular weight is 468 g/mol. The average Bonchev–Trinajstić information content (AvgIpc) is 3.07. The molecule has 0 radical (unpaired) electrons. The predicted octanol–water partition coefficient (Wildman–Crippen LogP) is 2.21. The number of aliphatic hydroxyl groups is 1. The molecule has 2 aliphatic heterocycles. The van der Waals surface area contributed by atoms with E-state index in [1.54, 1.807) is 30.3 Å². The Hall–Kier alpha value is -3.72. The van der Waals surface area contributed by atoms with E-state index in [-0.39, 0.29) is 29.4 Å². The number of likely N-dealkylation sites (N-methyl/N-ethyl adjacent to an activating group) is 2. The Morgan fingerprint density at radius 3 is 2.65 bits per heavy atom. The zero-order valence-corrected chi connectivity index (χ0v) is 19.7. The molecule has 1 saturated heterocycles. The first-order valence-electron chi connectivity index (χ1n) is 11.0. The molecule has 2 aromatic carbocycles. The van der Waals surface area contributed by atoms with Crippen molar-refractivity contribution in [2.75, 3.05) is 59.4 Å². The van der Waals surface area contributed by atoms with Crippen LogP contribution in [0.2, 0.25) is 0 Å². The number of Topliss-reactive ketones (excluding diaryl/α,β-unsaturated/α-hetero) is 1. The highest BCUT2D eigenvalue weighted by Gasteiger charge is 2.46. The topological polar surface area (TPSA) is 103 Å². The number of phenols is 1. The van der Waals surface area contributed by atoms with Crippen LogP contribution in [-0.2, 0) is 9.59 Å². The Kier molecular flexibility index (Phi) is 6.39. The summed E-state index contributed by atoms with van der Waals surface area (Å²) in [6, 6.07) is 9.02. The molecule has 0 aromatic heterocycles. The van der Waals surface area contributed by atoms with Crippen molar-refractivity contribution >= 4 is 23.1 Å². The normalized spacial score (nSPS) is 19.4. The number of carbonyl (C=O) groups is 2. The zero-order valence-electron chi connectivity index (χ0n) is 19.7. The van der Waals surface area contributed by atoms with E-state index in [0.29, 0.717) is 36.6 Å². The van der Waals surface area contributed by atoms with Crippen LogP contribution in [0.5, 0.6) is 17.2 Å². The molecule has 1 unspecified atom stereocenters. The van der Waals surface area contributed by atoms with Crippen LogP contribution < -0.4 is 14.4 Å². The third kappa shape index (κ3) is 4.14. The SMILES string of the molecule is COc1ccc(C2/C(=C(/O)c3ccc4c(c3)N(C)CCO4)C(=O)C(=O)N2CCN(C)C)cc1O. The summed E-state index contributed by atoms with van der Waals surface area (Å²) >= 11 is 0. The van der Waals surface area contributed by atoms with Crippen LogP contribution in [0.15, 0.2) is 42.0 Å². The van der Waals surface area contributed by atoms with Crippen molar-refractivity contribution in [3.63, 3.8) is 0 Å². The number of fused-ring (bicyclic) bond motifs is 1. The highest BCUT2D eigenvalue weighted by Crippen LogP contribution is 2.42. The smallest absolute Gasteiger partial charge is 0.295 e. The van der Waals surface area contributed by atoms with Crippen LogP contribution in [0.4, 0.5) is 5.69 Å². The van der Waals surface area contributed by atoms with Gasteiger partial charge in [-0.1, -0.05) is 6.07 Å². The fourth-order valence-corrected chi connectivity index (χ4v) is 4.30. The molecule has 0 aliphatic carbocycles. The summed E-state index contributed by atoms with van der Waals surface area (Å²) in [5, 5.41) is 21.7. The number of aromatic hydroxyl groups is 1. The van der Waals surface area contributed by atoms with Gasteiger partial charge < -0.3 is 34.4 Å². The lowest BCUT2D eigenvalue weighted by Gasteiger charge is -2.28. The number of hydrogen-bond donors (Lipinski definition) is 2. The Bertz CT molecular complexity index is 1160. The van der Waals surface area contributed by atoms with Gasteiger partial charge in [0.15, 0.2) is 11.5 Å². The van der Waals surface area contributed by atoms with Crippen molar-refractivity contribution in [1.29, 1.82) is 0 Å². The number of hydrogen-bond acceptors (Lipinski definition) is 8. The molecule has 0 spiro atoms. The maximum atomic E-state index is 13.2. The molecule has 9 nitrogen and oxygen atoms in total. The number of likely N-dealkylation sites (tertiary alicyclic amines) is 1. The quantitative estimate of drug-likeness (QED) is 0.379. The molecule has 0 saturated carbocycles. The molecule has 1 atom stereocenters. The third-order valence-electron chi connectivity index (χ3n) is 6.17. The summed E-state index contributed by atoms with van der Waals surface area (Å²) in [5.74, 6) is -0.889. The van der Waals surface area contributed by atoms with Crippen LogP contribution in [0.1, 0.15) is 17.2 Å². The monoisotopic (exact) mass is 467 g/mol. The van der Waals surface area contributed by atoms with Gasteiger partial charge in [0.25, 0.3) is 11.7 Å². The number of benzene rings is 2. The molecule has 2 heterocycles.